The van der Waals surface area contributed by atoms with Gasteiger partial charge in [-0.1, -0.05) is 103 Å². The molecule has 0 unspecified atom stereocenters. The lowest BCUT2D eigenvalue weighted by molar-refractivity contribution is 0.668. The predicted octanol–water partition coefficient (Wildman–Crippen LogP) is 13.3. The summed E-state index contributed by atoms with van der Waals surface area (Å²) < 4.78 is 19.4. The molecule has 0 amide bonds. The highest BCUT2D eigenvalue weighted by Crippen LogP contribution is 2.43. The second kappa shape index (κ2) is 12.3. The molecule has 7 heteroatoms. The van der Waals surface area contributed by atoms with Gasteiger partial charge in [0.2, 0.25) is 0 Å². The summed E-state index contributed by atoms with van der Waals surface area (Å²) in [5, 5.41) is 6.25. The fourth-order valence-electron chi connectivity index (χ4n) is 8.20. The third-order valence-electron chi connectivity index (χ3n) is 10.9. The molecular weight excluding hydrogens is 705 g/mol. The lowest BCUT2D eigenvalue weighted by atomic mass is 9.96. The first-order chi connectivity index (χ1) is 28.2. The van der Waals surface area contributed by atoms with Crippen molar-refractivity contribution in [3.05, 3.63) is 170 Å². The number of para-hydroxylation sites is 3. The van der Waals surface area contributed by atoms with Crippen LogP contribution in [0.3, 0.4) is 0 Å². The fraction of sp³-hybridized carbons (Fsp3) is 0. The molecular formula is C50H28N4O3. The monoisotopic (exact) mass is 732 g/mol. The average Bonchev–Trinajstić information content (AvgIpc) is 3.97. The van der Waals surface area contributed by atoms with Crippen molar-refractivity contribution in [1.82, 2.24) is 19.9 Å². The highest BCUT2D eigenvalue weighted by Gasteiger charge is 2.22. The van der Waals surface area contributed by atoms with Crippen molar-refractivity contribution in [2.45, 2.75) is 0 Å². The summed E-state index contributed by atoms with van der Waals surface area (Å²) in [4.78, 5) is 20.0. The molecule has 5 aromatic heterocycles. The fourth-order valence-corrected chi connectivity index (χ4v) is 8.20. The molecule has 0 saturated carbocycles. The van der Waals surface area contributed by atoms with Gasteiger partial charge in [0.15, 0.2) is 17.5 Å². The first kappa shape index (κ1) is 31.5. The van der Waals surface area contributed by atoms with E-state index in [1.54, 1.807) is 6.20 Å². The summed E-state index contributed by atoms with van der Waals surface area (Å²) in [6, 6.07) is 53.2. The molecule has 0 aliphatic heterocycles. The third kappa shape index (κ3) is 4.99. The Morgan fingerprint density at radius 3 is 1.58 bits per heavy atom. The topological polar surface area (TPSA) is 91.0 Å². The molecule has 266 valence electrons. The van der Waals surface area contributed by atoms with Gasteiger partial charge >= 0.3 is 0 Å². The molecule has 7 aromatic carbocycles. The average molecular weight is 733 g/mol. The van der Waals surface area contributed by atoms with Crippen LogP contribution >= 0.6 is 0 Å². The van der Waals surface area contributed by atoms with Gasteiger partial charge in [-0.05, 0) is 71.3 Å². The smallest absolute Gasteiger partial charge is 0.167 e. The van der Waals surface area contributed by atoms with Crippen LogP contribution in [0, 0.1) is 0 Å². The maximum atomic E-state index is 6.76. The molecule has 57 heavy (non-hydrogen) atoms. The maximum Gasteiger partial charge on any atom is 0.167 e. The van der Waals surface area contributed by atoms with Crippen LogP contribution in [0.25, 0.3) is 122 Å². The number of hydrogen-bond acceptors (Lipinski definition) is 7. The van der Waals surface area contributed by atoms with Gasteiger partial charge in [-0.25, -0.2) is 15.0 Å². The second-order valence-corrected chi connectivity index (χ2v) is 14.2. The summed E-state index contributed by atoms with van der Waals surface area (Å²) in [5.74, 6) is 1.54. The molecule has 7 nitrogen and oxygen atoms in total. The van der Waals surface area contributed by atoms with Gasteiger partial charge in [0.1, 0.15) is 33.5 Å². The zero-order valence-electron chi connectivity index (χ0n) is 30.2. The van der Waals surface area contributed by atoms with Crippen molar-refractivity contribution in [2.75, 3.05) is 0 Å². The zero-order valence-corrected chi connectivity index (χ0v) is 30.2. The Labute approximate surface area is 324 Å². The van der Waals surface area contributed by atoms with Crippen LogP contribution in [0.2, 0.25) is 0 Å². The van der Waals surface area contributed by atoms with Crippen molar-refractivity contribution >= 4 is 65.8 Å². The van der Waals surface area contributed by atoms with E-state index in [9.17, 15) is 0 Å². The summed E-state index contributed by atoms with van der Waals surface area (Å²) in [5.41, 5.74) is 11.1. The van der Waals surface area contributed by atoms with Gasteiger partial charge in [-0.15, -0.1) is 0 Å². The van der Waals surface area contributed by atoms with Gasteiger partial charge in [0, 0.05) is 61.4 Å². The number of hydrogen-bond donors (Lipinski definition) is 0. The highest BCUT2D eigenvalue weighted by molar-refractivity contribution is 6.17. The Bertz CT molecular complexity index is 3540. The normalized spacial score (nSPS) is 11.9. The van der Waals surface area contributed by atoms with E-state index in [0.29, 0.717) is 23.1 Å². The van der Waals surface area contributed by atoms with Crippen molar-refractivity contribution in [2.24, 2.45) is 0 Å². The third-order valence-corrected chi connectivity index (χ3v) is 10.9. The quantitative estimate of drug-likeness (QED) is 0.174. The van der Waals surface area contributed by atoms with Crippen molar-refractivity contribution in [3.8, 4) is 56.4 Å². The Balaban J connectivity index is 1.10. The van der Waals surface area contributed by atoms with Crippen LogP contribution in [0.15, 0.2) is 183 Å². The van der Waals surface area contributed by atoms with E-state index in [1.807, 2.05) is 103 Å². The van der Waals surface area contributed by atoms with Gasteiger partial charge in [0.25, 0.3) is 0 Å². The SMILES string of the molecule is c1cncc(-c2ccccc2-c2nc(-c3ccc4c(c3)oc3ccccc34)nc(-c3ccc(-c4ccc5c(c4)oc4ccccc45)c4c3oc3ccccc34)n2)c1. The van der Waals surface area contributed by atoms with Crippen LogP contribution in [0.5, 0.6) is 0 Å². The molecule has 12 aromatic rings. The number of rotatable bonds is 5. The number of nitrogens with zero attached hydrogens (tertiary/aromatic N) is 4. The molecule has 0 aliphatic carbocycles. The zero-order chi connectivity index (χ0) is 37.5. The van der Waals surface area contributed by atoms with Gasteiger partial charge < -0.3 is 13.3 Å². The van der Waals surface area contributed by atoms with Gasteiger partial charge in [-0.2, -0.15) is 0 Å². The highest BCUT2D eigenvalue weighted by atomic mass is 16.3. The number of benzene rings is 7. The number of aromatic nitrogens is 4. The van der Waals surface area contributed by atoms with Crippen molar-refractivity contribution in [1.29, 1.82) is 0 Å². The second-order valence-electron chi connectivity index (χ2n) is 14.2. The van der Waals surface area contributed by atoms with Crippen LogP contribution in [-0.2, 0) is 0 Å². The van der Waals surface area contributed by atoms with E-state index in [4.69, 9.17) is 28.2 Å². The minimum absolute atomic E-state index is 0.490. The molecule has 0 atom stereocenters. The summed E-state index contributed by atoms with van der Waals surface area (Å²) >= 11 is 0. The standard InChI is InChI=1S/C50H28N4O3/c1-2-14-38(32(11-1)31-10-9-25-51-28-31)49-52-48(30-20-22-37-35-13-4-7-17-42(35)56-45(37)27-30)53-50(54-49)40-24-23-33(46-39-15-5-8-18-43(39)57-47(40)46)29-19-21-36-34-12-3-6-16-41(34)55-44(36)26-29/h1-28H. The van der Waals surface area contributed by atoms with E-state index in [2.05, 4.69) is 65.6 Å². The summed E-state index contributed by atoms with van der Waals surface area (Å²) in [6.45, 7) is 0. The van der Waals surface area contributed by atoms with E-state index in [1.165, 1.54) is 0 Å². The lowest BCUT2D eigenvalue weighted by Gasteiger charge is -2.13. The molecule has 0 fully saturated rings. The Morgan fingerprint density at radius 2 is 0.877 bits per heavy atom. The van der Waals surface area contributed by atoms with E-state index < -0.39 is 0 Å². The minimum Gasteiger partial charge on any atom is -0.456 e. The lowest BCUT2D eigenvalue weighted by Crippen LogP contribution is -2.01. The van der Waals surface area contributed by atoms with Gasteiger partial charge in [-0.3, -0.25) is 4.98 Å². The summed E-state index contributed by atoms with van der Waals surface area (Å²) in [7, 11) is 0. The van der Waals surface area contributed by atoms with E-state index >= 15 is 0 Å². The van der Waals surface area contributed by atoms with Crippen LogP contribution in [0.4, 0.5) is 0 Å². The van der Waals surface area contributed by atoms with Gasteiger partial charge in [0.05, 0.1) is 5.56 Å². The van der Waals surface area contributed by atoms with Crippen molar-refractivity contribution < 1.29 is 13.3 Å². The minimum atomic E-state index is 0.490. The largest absolute Gasteiger partial charge is 0.456 e. The van der Waals surface area contributed by atoms with Crippen LogP contribution in [0.1, 0.15) is 0 Å². The molecule has 0 aliphatic rings. The Hall–Kier alpha value is -7.90. The molecule has 0 radical (unpaired) electrons. The van der Waals surface area contributed by atoms with Crippen LogP contribution in [-0.4, -0.2) is 19.9 Å². The van der Waals surface area contributed by atoms with E-state index in [-0.39, 0.29) is 0 Å². The number of pyridine rings is 1. The van der Waals surface area contributed by atoms with Crippen LogP contribution < -0.4 is 0 Å². The number of fused-ring (bicyclic) bond motifs is 9. The predicted molar refractivity (Wildman–Crippen MR) is 227 cm³/mol. The number of furan rings is 3. The molecule has 0 bridgehead atoms. The molecule has 0 saturated heterocycles. The molecule has 5 heterocycles. The maximum absolute atomic E-state index is 6.76. The molecule has 12 rings (SSSR count). The Morgan fingerprint density at radius 1 is 0.333 bits per heavy atom. The molecule has 0 spiro atoms. The van der Waals surface area contributed by atoms with Crippen molar-refractivity contribution in [3.63, 3.8) is 0 Å². The first-order valence-electron chi connectivity index (χ1n) is 18.8. The summed E-state index contributed by atoms with van der Waals surface area (Å²) in [6.07, 6.45) is 3.63. The van der Waals surface area contributed by atoms with E-state index in [0.717, 1.165) is 99.2 Å². The first-order valence-corrected chi connectivity index (χ1v) is 18.8. The molecule has 0 N–H and O–H groups in total. The Kier molecular flexibility index (Phi) is 6.79.